The molecule has 2 aromatic rings. The fourth-order valence-electron chi connectivity index (χ4n) is 3.91. The lowest BCUT2D eigenvalue weighted by Crippen LogP contribution is -2.29. The summed E-state index contributed by atoms with van der Waals surface area (Å²) in [7, 11) is -2.76. The molecule has 2 aliphatic heterocycles. The summed E-state index contributed by atoms with van der Waals surface area (Å²) in [5.41, 5.74) is 0.496. The molecule has 0 unspecified atom stereocenters. The van der Waals surface area contributed by atoms with Crippen molar-refractivity contribution in [3.8, 4) is 5.75 Å². The molecule has 0 aliphatic carbocycles. The van der Waals surface area contributed by atoms with Gasteiger partial charge in [-0.1, -0.05) is 12.1 Å². The van der Waals surface area contributed by atoms with E-state index in [1.54, 1.807) is 23.1 Å². The topological polar surface area (TPSA) is 113 Å². The number of sulfonamides is 1. The summed E-state index contributed by atoms with van der Waals surface area (Å²) < 4.78 is 34.0. The monoisotopic (exact) mass is 457 g/mol. The highest BCUT2D eigenvalue weighted by atomic mass is 32.2. The average Bonchev–Trinajstić information content (AvgIpc) is 3.43. The third kappa shape index (κ3) is 4.05. The van der Waals surface area contributed by atoms with Gasteiger partial charge in [-0.05, 0) is 43.2 Å². The third-order valence-electron chi connectivity index (χ3n) is 5.55. The zero-order chi connectivity index (χ0) is 22.9. The number of anilines is 2. The molecule has 9 nitrogen and oxygen atoms in total. The van der Waals surface area contributed by atoms with Gasteiger partial charge in [0.05, 0.1) is 28.9 Å². The highest BCUT2D eigenvalue weighted by Crippen LogP contribution is 2.35. The van der Waals surface area contributed by atoms with Gasteiger partial charge in [-0.2, -0.15) is 0 Å². The van der Waals surface area contributed by atoms with Crippen molar-refractivity contribution in [1.29, 1.82) is 0 Å². The van der Waals surface area contributed by atoms with E-state index in [9.17, 15) is 22.8 Å². The normalized spacial score (nSPS) is 16.5. The molecule has 2 fully saturated rings. The predicted octanol–water partition coefficient (Wildman–Crippen LogP) is 2.39. The smallest absolute Gasteiger partial charge is 0.261 e. The van der Waals surface area contributed by atoms with E-state index in [4.69, 9.17) is 4.74 Å². The predicted molar refractivity (Wildman–Crippen MR) is 117 cm³/mol. The summed E-state index contributed by atoms with van der Waals surface area (Å²) in [5, 5.41) is 0. The number of hydrogen-bond acceptors (Lipinski definition) is 6. The zero-order valence-corrected chi connectivity index (χ0v) is 18.4. The number of nitrogens with one attached hydrogen (secondary N) is 1. The molecule has 0 bridgehead atoms. The summed E-state index contributed by atoms with van der Waals surface area (Å²) in [6.45, 7) is 1.28. The summed E-state index contributed by atoms with van der Waals surface area (Å²) in [4.78, 5) is 39.7. The number of imide groups is 1. The minimum Gasteiger partial charge on any atom is -0.495 e. The summed E-state index contributed by atoms with van der Waals surface area (Å²) >= 11 is 0. The Morgan fingerprint density at radius 1 is 1.00 bits per heavy atom. The minimum absolute atomic E-state index is 0.0587. The average molecular weight is 458 g/mol. The standard InChI is InChI=1S/C22H23N3O6S/c1-31-19-9-8-15(14-18(19)25-20(26)10-11-21(25)27)32(29,30)23-17-7-3-2-6-16(17)22(28)24-12-4-5-13-24/h2-3,6-9,14,23H,4-5,10-13H2,1H3. The summed E-state index contributed by atoms with van der Waals surface area (Å²) in [5.74, 6) is -0.864. The van der Waals surface area contributed by atoms with Crippen molar-refractivity contribution in [1.82, 2.24) is 4.90 Å². The van der Waals surface area contributed by atoms with Crippen molar-refractivity contribution in [2.24, 2.45) is 0 Å². The Kier molecular flexibility index (Phi) is 5.88. The molecule has 2 saturated heterocycles. The van der Waals surface area contributed by atoms with Gasteiger partial charge < -0.3 is 9.64 Å². The fraction of sp³-hybridized carbons (Fsp3) is 0.318. The SMILES string of the molecule is COc1ccc(S(=O)(=O)Nc2ccccc2C(=O)N2CCCC2)cc1N1C(=O)CCC1=O. The van der Waals surface area contributed by atoms with Crippen molar-refractivity contribution >= 4 is 39.1 Å². The van der Waals surface area contributed by atoms with Gasteiger partial charge in [0.15, 0.2) is 0 Å². The molecule has 3 amide bonds. The lowest BCUT2D eigenvalue weighted by atomic mass is 10.1. The van der Waals surface area contributed by atoms with Crippen LogP contribution in [0.5, 0.6) is 5.75 Å². The van der Waals surface area contributed by atoms with Gasteiger partial charge in [0.2, 0.25) is 11.8 Å². The van der Waals surface area contributed by atoms with Crippen LogP contribution in [0.3, 0.4) is 0 Å². The Bertz CT molecular complexity index is 1170. The number of carbonyl (C=O) groups excluding carboxylic acids is 3. The number of likely N-dealkylation sites (tertiary alicyclic amines) is 1. The molecule has 0 spiro atoms. The maximum atomic E-state index is 13.2. The first-order chi connectivity index (χ1) is 15.3. The molecule has 10 heteroatoms. The van der Waals surface area contributed by atoms with Gasteiger partial charge in [0.25, 0.3) is 15.9 Å². The third-order valence-corrected chi connectivity index (χ3v) is 6.91. The Balaban J connectivity index is 1.68. The minimum atomic E-state index is -4.13. The lowest BCUT2D eigenvalue weighted by molar-refractivity contribution is -0.121. The second kappa shape index (κ2) is 8.62. The van der Waals surface area contributed by atoms with Crippen LogP contribution in [0.2, 0.25) is 0 Å². The van der Waals surface area contributed by atoms with Crippen molar-refractivity contribution in [2.75, 3.05) is 29.8 Å². The van der Waals surface area contributed by atoms with E-state index < -0.39 is 21.8 Å². The molecular formula is C22H23N3O6S. The van der Waals surface area contributed by atoms with Gasteiger partial charge in [0, 0.05) is 25.9 Å². The number of amides is 3. The zero-order valence-electron chi connectivity index (χ0n) is 17.5. The van der Waals surface area contributed by atoms with Crippen molar-refractivity contribution in [3.05, 3.63) is 48.0 Å². The molecule has 2 heterocycles. The number of nitrogens with zero attached hydrogens (tertiary/aromatic N) is 2. The van der Waals surface area contributed by atoms with Gasteiger partial charge >= 0.3 is 0 Å². The van der Waals surface area contributed by atoms with Crippen LogP contribution < -0.4 is 14.4 Å². The largest absolute Gasteiger partial charge is 0.495 e. The molecule has 0 aromatic heterocycles. The number of methoxy groups -OCH3 is 1. The second-order valence-corrected chi connectivity index (χ2v) is 9.29. The van der Waals surface area contributed by atoms with E-state index >= 15 is 0 Å². The molecule has 2 aromatic carbocycles. The quantitative estimate of drug-likeness (QED) is 0.667. The number of rotatable bonds is 6. The molecule has 1 N–H and O–H groups in total. The molecule has 0 radical (unpaired) electrons. The first kappa shape index (κ1) is 21.8. The lowest BCUT2D eigenvalue weighted by Gasteiger charge is -2.20. The Labute approximate surface area is 186 Å². The van der Waals surface area contributed by atoms with E-state index in [0.717, 1.165) is 17.7 Å². The van der Waals surface area contributed by atoms with Gasteiger partial charge in [-0.3, -0.25) is 19.1 Å². The molecule has 4 rings (SSSR count). The fourth-order valence-corrected chi connectivity index (χ4v) is 5.01. The van der Waals surface area contributed by atoms with E-state index in [2.05, 4.69) is 4.72 Å². The molecule has 32 heavy (non-hydrogen) atoms. The second-order valence-electron chi connectivity index (χ2n) is 7.61. The number of para-hydroxylation sites is 1. The van der Waals surface area contributed by atoms with Gasteiger partial charge in [-0.25, -0.2) is 13.3 Å². The van der Waals surface area contributed by atoms with Crippen LogP contribution >= 0.6 is 0 Å². The van der Waals surface area contributed by atoms with Crippen LogP contribution in [0.4, 0.5) is 11.4 Å². The maximum Gasteiger partial charge on any atom is 0.261 e. The Morgan fingerprint density at radius 2 is 1.66 bits per heavy atom. The van der Waals surface area contributed by atoms with E-state index in [1.807, 2.05) is 0 Å². The van der Waals surface area contributed by atoms with Crippen molar-refractivity contribution in [2.45, 2.75) is 30.6 Å². The molecular weight excluding hydrogens is 434 g/mol. The Hall–Kier alpha value is -3.40. The number of hydrogen-bond donors (Lipinski definition) is 1. The van der Waals surface area contributed by atoms with Crippen LogP contribution in [-0.4, -0.2) is 51.2 Å². The van der Waals surface area contributed by atoms with Gasteiger partial charge in [0.1, 0.15) is 5.75 Å². The van der Waals surface area contributed by atoms with E-state index in [-0.39, 0.29) is 46.3 Å². The number of benzene rings is 2. The van der Waals surface area contributed by atoms with Crippen LogP contribution in [0, 0.1) is 0 Å². The maximum absolute atomic E-state index is 13.2. The first-order valence-electron chi connectivity index (χ1n) is 10.3. The highest BCUT2D eigenvalue weighted by Gasteiger charge is 2.33. The summed E-state index contributed by atoms with van der Waals surface area (Å²) in [6, 6.07) is 10.4. The van der Waals surface area contributed by atoms with Crippen LogP contribution in [0.25, 0.3) is 0 Å². The van der Waals surface area contributed by atoms with Crippen LogP contribution in [-0.2, 0) is 19.6 Å². The number of ether oxygens (including phenoxy) is 1. The van der Waals surface area contributed by atoms with E-state index in [0.29, 0.717) is 13.1 Å². The van der Waals surface area contributed by atoms with Gasteiger partial charge in [-0.15, -0.1) is 0 Å². The highest BCUT2D eigenvalue weighted by molar-refractivity contribution is 7.92. The molecule has 2 aliphatic rings. The Morgan fingerprint density at radius 3 is 2.31 bits per heavy atom. The molecule has 168 valence electrons. The van der Waals surface area contributed by atoms with E-state index in [1.165, 1.54) is 31.4 Å². The van der Waals surface area contributed by atoms with Crippen LogP contribution in [0.1, 0.15) is 36.0 Å². The van der Waals surface area contributed by atoms with Crippen LogP contribution in [0.15, 0.2) is 47.4 Å². The van der Waals surface area contributed by atoms with Crippen molar-refractivity contribution in [3.63, 3.8) is 0 Å². The molecule has 0 saturated carbocycles. The summed E-state index contributed by atoms with van der Waals surface area (Å²) in [6.07, 6.45) is 1.96. The number of carbonyl (C=O) groups is 3. The molecule has 0 atom stereocenters. The van der Waals surface area contributed by atoms with Crippen molar-refractivity contribution < 1.29 is 27.5 Å². The first-order valence-corrected chi connectivity index (χ1v) is 11.7.